The second kappa shape index (κ2) is 7.16. The van der Waals surface area contributed by atoms with Crippen molar-refractivity contribution in [3.05, 3.63) is 84.9 Å². The van der Waals surface area contributed by atoms with Crippen LogP contribution in [-0.2, 0) is 19.7 Å². The van der Waals surface area contributed by atoms with Gasteiger partial charge in [-0.15, -0.1) is 0 Å². The van der Waals surface area contributed by atoms with Crippen molar-refractivity contribution in [2.75, 3.05) is 6.54 Å². The fourth-order valence-electron chi connectivity index (χ4n) is 3.38. The molecule has 5 nitrogen and oxygen atoms in total. The Hall–Kier alpha value is -2.81. The summed E-state index contributed by atoms with van der Waals surface area (Å²) in [5, 5.41) is 2.57. The Bertz CT molecular complexity index is 1370. The first-order chi connectivity index (χ1) is 14.2. The van der Waals surface area contributed by atoms with Gasteiger partial charge in [-0.3, -0.25) is 0 Å². The topological polar surface area (TPSA) is 94.3 Å². The van der Waals surface area contributed by atoms with Crippen LogP contribution in [0.4, 0.5) is 4.39 Å². The molecule has 0 aliphatic rings. The molecular formula is C22H18FNO4S2. The normalized spacial score (nSPS) is 13.0. The second-order valence-electron chi connectivity index (χ2n) is 6.89. The molecule has 8 heteroatoms. The predicted molar refractivity (Wildman–Crippen MR) is 115 cm³/mol. The number of hydrogen-bond donors (Lipinski definition) is 1. The molecule has 0 bridgehead atoms. The van der Waals surface area contributed by atoms with E-state index in [0.717, 1.165) is 10.8 Å². The Morgan fingerprint density at radius 1 is 0.633 bits per heavy atom. The number of benzene rings is 4. The standard InChI is InChI=1S/C22H18FNO4S2/c23-22(15-24,29(25,26)20-11-9-16-5-1-3-7-18(16)13-20)30(27,28)21-12-10-17-6-2-4-8-19(17)14-21/h1-14H,15,24H2. The van der Waals surface area contributed by atoms with Crippen LogP contribution in [0, 0.1) is 0 Å². The average Bonchev–Trinajstić information content (AvgIpc) is 2.77. The molecule has 0 heterocycles. The Labute approximate surface area is 173 Å². The third-order valence-electron chi connectivity index (χ3n) is 5.11. The lowest BCUT2D eigenvalue weighted by molar-refractivity contribution is 0.362. The van der Waals surface area contributed by atoms with E-state index >= 15 is 4.39 Å². The summed E-state index contributed by atoms with van der Waals surface area (Å²) in [6.45, 7) is -1.24. The van der Waals surface area contributed by atoms with Gasteiger partial charge in [0.05, 0.1) is 16.3 Å². The van der Waals surface area contributed by atoms with E-state index in [9.17, 15) is 16.8 Å². The molecule has 0 aliphatic heterocycles. The zero-order valence-corrected chi connectivity index (χ0v) is 17.3. The van der Waals surface area contributed by atoms with Crippen molar-refractivity contribution in [3.8, 4) is 0 Å². The molecule has 0 radical (unpaired) electrons. The highest BCUT2D eigenvalue weighted by Crippen LogP contribution is 2.38. The van der Waals surface area contributed by atoms with E-state index in [2.05, 4.69) is 0 Å². The number of rotatable bonds is 5. The molecule has 0 saturated heterocycles. The third-order valence-corrected chi connectivity index (χ3v) is 10.1. The van der Waals surface area contributed by atoms with E-state index in [1.807, 2.05) is 0 Å². The van der Waals surface area contributed by atoms with Crippen LogP contribution in [0.2, 0.25) is 0 Å². The van der Waals surface area contributed by atoms with Gasteiger partial charge in [0, 0.05) is 0 Å². The van der Waals surface area contributed by atoms with E-state index in [-0.39, 0.29) is 0 Å². The molecule has 0 amide bonds. The van der Waals surface area contributed by atoms with Crippen LogP contribution in [0.5, 0.6) is 0 Å². The molecule has 4 rings (SSSR count). The highest BCUT2D eigenvalue weighted by atomic mass is 32.3. The quantitative estimate of drug-likeness (QED) is 0.506. The number of alkyl halides is 1. The third kappa shape index (κ3) is 2.99. The Morgan fingerprint density at radius 3 is 1.37 bits per heavy atom. The van der Waals surface area contributed by atoms with Crippen LogP contribution in [0.1, 0.15) is 0 Å². The Morgan fingerprint density at radius 2 is 1.00 bits per heavy atom. The summed E-state index contributed by atoms with van der Waals surface area (Å²) in [6.07, 6.45) is 0. The zero-order chi connectivity index (χ0) is 21.6. The molecule has 30 heavy (non-hydrogen) atoms. The maximum Gasteiger partial charge on any atom is 0.329 e. The maximum absolute atomic E-state index is 15.9. The van der Waals surface area contributed by atoms with E-state index in [0.29, 0.717) is 10.8 Å². The van der Waals surface area contributed by atoms with Crippen molar-refractivity contribution < 1.29 is 21.2 Å². The molecular weight excluding hydrogens is 425 g/mol. The molecule has 4 aromatic carbocycles. The first-order valence-corrected chi connectivity index (χ1v) is 12.0. The van der Waals surface area contributed by atoms with E-state index in [4.69, 9.17) is 5.73 Å². The highest BCUT2D eigenvalue weighted by Gasteiger charge is 2.56. The predicted octanol–water partition coefficient (Wildman–Crippen LogP) is 3.82. The summed E-state index contributed by atoms with van der Waals surface area (Å²) in [7, 11) is -9.96. The van der Waals surface area contributed by atoms with Crippen molar-refractivity contribution in [1.82, 2.24) is 0 Å². The Kier molecular flexibility index (Phi) is 4.88. The highest BCUT2D eigenvalue weighted by molar-refractivity contribution is 8.10. The summed E-state index contributed by atoms with van der Waals surface area (Å²) in [5.41, 5.74) is 5.45. The van der Waals surface area contributed by atoms with Crippen LogP contribution in [0.15, 0.2) is 94.7 Å². The smallest absolute Gasteiger partial charge is 0.326 e. The van der Waals surface area contributed by atoms with Crippen LogP contribution in [0.25, 0.3) is 21.5 Å². The van der Waals surface area contributed by atoms with Gasteiger partial charge in [-0.2, -0.15) is 0 Å². The van der Waals surface area contributed by atoms with Crippen molar-refractivity contribution in [3.63, 3.8) is 0 Å². The van der Waals surface area contributed by atoms with Gasteiger partial charge in [-0.1, -0.05) is 60.7 Å². The molecule has 0 fully saturated rings. The minimum atomic E-state index is -4.98. The zero-order valence-electron chi connectivity index (χ0n) is 15.7. The van der Waals surface area contributed by atoms with Crippen molar-refractivity contribution in [1.29, 1.82) is 0 Å². The summed E-state index contributed by atoms with van der Waals surface area (Å²) in [4.78, 5) is -0.892. The second-order valence-corrected chi connectivity index (χ2v) is 11.4. The SMILES string of the molecule is NCC(F)(S(=O)(=O)c1ccc2ccccc2c1)S(=O)(=O)c1ccc2ccccc2c1. The molecule has 0 aromatic heterocycles. The molecule has 0 spiro atoms. The largest absolute Gasteiger partial charge is 0.329 e. The van der Waals surface area contributed by atoms with Gasteiger partial charge in [-0.05, 0) is 45.8 Å². The lowest BCUT2D eigenvalue weighted by atomic mass is 10.1. The molecule has 154 valence electrons. The van der Waals surface area contributed by atoms with Crippen molar-refractivity contribution in [2.45, 2.75) is 14.1 Å². The van der Waals surface area contributed by atoms with Gasteiger partial charge in [-0.25, -0.2) is 21.2 Å². The monoisotopic (exact) mass is 443 g/mol. The average molecular weight is 444 g/mol. The fourth-order valence-corrected chi connectivity index (χ4v) is 7.32. The number of fused-ring (bicyclic) bond motifs is 2. The van der Waals surface area contributed by atoms with Gasteiger partial charge in [0.2, 0.25) is 19.7 Å². The van der Waals surface area contributed by atoms with Gasteiger partial charge in [0.25, 0.3) is 0 Å². The molecule has 4 aromatic rings. The van der Waals surface area contributed by atoms with Crippen LogP contribution >= 0.6 is 0 Å². The maximum atomic E-state index is 15.9. The number of hydrogen-bond acceptors (Lipinski definition) is 5. The van der Waals surface area contributed by atoms with E-state index < -0.39 is 40.3 Å². The molecule has 0 unspecified atom stereocenters. The molecule has 0 saturated carbocycles. The van der Waals surface area contributed by atoms with Crippen molar-refractivity contribution in [2.24, 2.45) is 5.73 Å². The first kappa shape index (κ1) is 20.5. The molecule has 0 atom stereocenters. The van der Waals surface area contributed by atoms with Crippen molar-refractivity contribution >= 4 is 41.2 Å². The van der Waals surface area contributed by atoms with Crippen LogP contribution < -0.4 is 5.73 Å². The van der Waals surface area contributed by atoms with Gasteiger partial charge in [0.15, 0.2) is 0 Å². The minimum absolute atomic E-state index is 0.446. The van der Waals surface area contributed by atoms with Gasteiger partial charge >= 0.3 is 4.33 Å². The fraction of sp³-hybridized carbons (Fsp3) is 0.0909. The Balaban J connectivity index is 1.89. The van der Waals surface area contributed by atoms with E-state index in [1.54, 1.807) is 48.5 Å². The van der Waals surface area contributed by atoms with Gasteiger partial charge < -0.3 is 5.73 Å². The summed E-state index contributed by atoms with van der Waals surface area (Å²) < 4.78 is 64.9. The number of halogens is 1. The van der Waals surface area contributed by atoms with Crippen LogP contribution in [0.3, 0.4) is 0 Å². The van der Waals surface area contributed by atoms with Gasteiger partial charge in [0.1, 0.15) is 0 Å². The number of nitrogens with two attached hydrogens (primary N) is 1. The number of sulfone groups is 2. The summed E-state index contributed by atoms with van der Waals surface area (Å²) >= 11 is 0. The molecule has 0 aliphatic carbocycles. The minimum Gasteiger partial charge on any atom is -0.326 e. The van der Waals surface area contributed by atoms with Crippen LogP contribution in [-0.4, -0.2) is 27.7 Å². The molecule has 2 N–H and O–H groups in total. The first-order valence-electron chi connectivity index (χ1n) is 9.06. The lowest BCUT2D eigenvalue weighted by Crippen LogP contribution is -2.48. The lowest BCUT2D eigenvalue weighted by Gasteiger charge is -2.24. The summed E-state index contributed by atoms with van der Waals surface area (Å²) in [6, 6.07) is 21.7. The van der Waals surface area contributed by atoms with E-state index in [1.165, 1.54) is 36.4 Å². The summed E-state index contributed by atoms with van der Waals surface area (Å²) in [5.74, 6) is 0.